The second-order valence-electron chi connectivity index (χ2n) is 15.2. The van der Waals surface area contributed by atoms with E-state index in [9.17, 15) is 31.1 Å². The van der Waals surface area contributed by atoms with Crippen molar-refractivity contribution in [1.82, 2.24) is 24.7 Å². The van der Waals surface area contributed by atoms with Crippen LogP contribution < -0.4 is 29.7 Å². The summed E-state index contributed by atoms with van der Waals surface area (Å²) in [5.41, 5.74) is 6.99. The van der Waals surface area contributed by atoms with Crippen molar-refractivity contribution in [2.75, 3.05) is 23.3 Å². The van der Waals surface area contributed by atoms with E-state index in [1.54, 1.807) is 65.2 Å². The largest absolute Gasteiger partial charge is 0.573 e. The number of furan rings is 1. The minimum atomic E-state index is -4.73. The number of amides is 1. The van der Waals surface area contributed by atoms with Crippen LogP contribution in [0.4, 0.5) is 43.5 Å². The number of carbonyl (C=O) groups is 1. The normalized spacial score (nSPS) is 13.2. The maximum Gasteiger partial charge on any atom is 0.573 e. The van der Waals surface area contributed by atoms with Crippen molar-refractivity contribution >= 4 is 51.4 Å². The molecule has 0 spiro atoms. The Balaban J connectivity index is 0.000000192. The number of carbonyl (C=O) groups excluding carboxylic acids is 1. The monoisotopic (exact) mass is 943 g/mol. The van der Waals surface area contributed by atoms with E-state index in [4.69, 9.17) is 20.8 Å². The summed E-state index contributed by atoms with van der Waals surface area (Å²) in [4.78, 5) is 28.1. The number of benzene rings is 4. The first kappa shape index (κ1) is 46.1. The number of imidazole rings is 1. The van der Waals surface area contributed by atoms with Gasteiger partial charge in [0.15, 0.2) is 11.4 Å². The van der Waals surface area contributed by atoms with Crippen LogP contribution in [0.15, 0.2) is 138 Å². The van der Waals surface area contributed by atoms with Crippen LogP contribution in [0.3, 0.4) is 0 Å². The molecule has 5 heterocycles. The lowest BCUT2D eigenvalue weighted by atomic mass is 9.89. The van der Waals surface area contributed by atoms with Crippen molar-refractivity contribution in [2.24, 2.45) is 0 Å². The Kier molecular flexibility index (Phi) is 13.7. The lowest BCUT2D eigenvalue weighted by Crippen LogP contribution is -2.32. The third-order valence-electron chi connectivity index (χ3n) is 10.7. The minimum absolute atomic E-state index is 0.200. The number of aryl methyl sites for hydroxylation is 1. The van der Waals surface area contributed by atoms with E-state index in [2.05, 4.69) is 52.1 Å². The van der Waals surface area contributed by atoms with Gasteiger partial charge in [-0.3, -0.25) is 9.20 Å². The molecule has 0 atom stereocenters. The summed E-state index contributed by atoms with van der Waals surface area (Å²) in [7, 11) is 0. The number of rotatable bonds is 12. The molecule has 0 aliphatic carbocycles. The van der Waals surface area contributed by atoms with E-state index in [0.717, 1.165) is 54.1 Å². The van der Waals surface area contributed by atoms with Gasteiger partial charge in [-0.15, -0.1) is 26.3 Å². The van der Waals surface area contributed by atoms with Gasteiger partial charge in [-0.2, -0.15) is 0 Å². The van der Waals surface area contributed by atoms with E-state index >= 15 is 0 Å². The number of fused-ring (bicyclic) bond motifs is 2. The van der Waals surface area contributed by atoms with E-state index in [-0.39, 0.29) is 23.3 Å². The molecule has 12 nitrogen and oxygen atoms in total. The van der Waals surface area contributed by atoms with E-state index in [1.807, 2.05) is 19.1 Å². The molecule has 346 valence electrons. The maximum atomic E-state index is 13.0. The molecular formula is C48H40ClF6N7O5. The van der Waals surface area contributed by atoms with Crippen LogP contribution in [-0.2, 0) is 13.0 Å². The van der Waals surface area contributed by atoms with Crippen LogP contribution in [0.25, 0.3) is 16.7 Å². The number of hydrogen-bond donors (Lipinski definition) is 2. The van der Waals surface area contributed by atoms with Gasteiger partial charge in [-0.25, -0.2) is 15.0 Å². The highest BCUT2D eigenvalue weighted by molar-refractivity contribution is 6.30. The van der Waals surface area contributed by atoms with Crippen molar-refractivity contribution in [2.45, 2.75) is 51.4 Å². The lowest BCUT2D eigenvalue weighted by Gasteiger charge is -2.34. The molecule has 9 rings (SSSR count). The van der Waals surface area contributed by atoms with Crippen LogP contribution in [0, 0.1) is 0 Å². The molecule has 1 aliphatic rings. The first-order valence-corrected chi connectivity index (χ1v) is 21.3. The zero-order valence-electron chi connectivity index (χ0n) is 35.4. The Hall–Kier alpha value is -7.47. The number of nitrogens with one attached hydrogen (secondary N) is 2. The SMILES string of the molecule is CCc1nc2ccc(Cl)cn2c1C(=O)NCc1ccc(N2CCC(c3ccc(OC(F)(F)F)cc3)CC2)cc1.FC(F)(F)Oc1ccc(Oc2ccc(Nc3ncnc4ccoc34)cc2)cc1. The molecular weight excluding hydrogens is 904 g/mol. The van der Waals surface area contributed by atoms with Gasteiger partial charge in [-0.1, -0.05) is 42.8 Å². The van der Waals surface area contributed by atoms with Crippen LogP contribution in [0.1, 0.15) is 53.0 Å². The number of piperidine rings is 1. The fraction of sp³-hybridized carbons (Fsp3) is 0.208. The topological polar surface area (TPSA) is 128 Å². The number of alkyl halides is 6. The Morgan fingerprint density at radius 2 is 1.39 bits per heavy atom. The molecule has 4 aromatic carbocycles. The number of aromatic nitrogens is 4. The standard InChI is InChI=1S/C29H28ClF3N4O2.C19H12F3N3O3/c1-2-25-27(37-18-22(30)7-12-26(37)35-25)28(38)34-17-19-3-8-23(9-4-19)36-15-13-21(14-16-36)20-5-10-24(11-6-20)39-29(31,32)33;20-19(21,22)28-15-7-5-14(6-8-15)27-13-3-1-12(2-4-13)25-18-17-16(9-10-26-17)23-11-24-18/h3-12,18,21H,2,13-17H2,1H3,(H,34,38);1-11H,(H,23,24,25). The molecule has 1 amide bonds. The number of ether oxygens (including phenoxy) is 3. The number of hydrogen-bond acceptors (Lipinski definition) is 10. The van der Waals surface area contributed by atoms with E-state index in [0.29, 0.717) is 57.7 Å². The predicted molar refractivity (Wildman–Crippen MR) is 239 cm³/mol. The third-order valence-corrected chi connectivity index (χ3v) is 10.9. The molecule has 1 aliphatic heterocycles. The fourth-order valence-corrected chi connectivity index (χ4v) is 7.68. The second-order valence-corrected chi connectivity index (χ2v) is 15.6. The molecule has 2 N–H and O–H groups in total. The summed E-state index contributed by atoms with van der Waals surface area (Å²) < 4.78 is 94.2. The average molecular weight is 944 g/mol. The van der Waals surface area contributed by atoms with Gasteiger partial charge in [0.25, 0.3) is 5.91 Å². The summed E-state index contributed by atoms with van der Waals surface area (Å²) in [5.74, 6) is 0.999. The van der Waals surface area contributed by atoms with Gasteiger partial charge in [0.1, 0.15) is 46.2 Å². The third kappa shape index (κ3) is 12.1. The Labute approximate surface area is 384 Å². The molecule has 1 saturated heterocycles. The predicted octanol–water partition coefficient (Wildman–Crippen LogP) is 12.4. The van der Waals surface area contributed by atoms with Crippen molar-refractivity contribution in [3.05, 3.63) is 162 Å². The zero-order chi connectivity index (χ0) is 47.1. The minimum Gasteiger partial charge on any atom is -0.459 e. The average Bonchev–Trinajstić information content (AvgIpc) is 3.95. The summed E-state index contributed by atoms with van der Waals surface area (Å²) in [5, 5.41) is 6.66. The highest BCUT2D eigenvalue weighted by atomic mass is 35.5. The molecule has 19 heteroatoms. The molecule has 0 unspecified atom stereocenters. The number of pyridine rings is 1. The second kappa shape index (κ2) is 20.0. The van der Waals surface area contributed by atoms with Gasteiger partial charge in [0.2, 0.25) is 0 Å². The number of nitrogens with zero attached hydrogens (tertiary/aromatic N) is 5. The molecule has 0 bridgehead atoms. The van der Waals surface area contributed by atoms with Crippen molar-refractivity contribution in [3.63, 3.8) is 0 Å². The van der Waals surface area contributed by atoms with Crippen LogP contribution in [-0.4, -0.2) is 51.1 Å². The summed E-state index contributed by atoms with van der Waals surface area (Å²) in [6.07, 6.45) is -2.30. The number of anilines is 3. The fourth-order valence-electron chi connectivity index (χ4n) is 7.52. The Morgan fingerprint density at radius 1 is 0.776 bits per heavy atom. The van der Waals surface area contributed by atoms with Crippen molar-refractivity contribution in [1.29, 1.82) is 0 Å². The van der Waals surface area contributed by atoms with Crippen LogP contribution >= 0.6 is 11.6 Å². The first-order chi connectivity index (χ1) is 32.2. The van der Waals surface area contributed by atoms with Crippen molar-refractivity contribution < 1.29 is 49.8 Å². The molecule has 67 heavy (non-hydrogen) atoms. The lowest BCUT2D eigenvalue weighted by molar-refractivity contribution is -0.275. The van der Waals surface area contributed by atoms with Gasteiger partial charge in [0.05, 0.1) is 17.0 Å². The summed E-state index contributed by atoms with van der Waals surface area (Å²) in [6.45, 7) is 4.04. The quantitative estimate of drug-likeness (QED) is 0.114. The zero-order valence-corrected chi connectivity index (χ0v) is 36.2. The van der Waals surface area contributed by atoms with Crippen LogP contribution in [0.5, 0.6) is 23.0 Å². The highest BCUT2D eigenvalue weighted by Gasteiger charge is 2.32. The van der Waals surface area contributed by atoms with Gasteiger partial charge < -0.3 is 34.2 Å². The molecule has 4 aromatic heterocycles. The first-order valence-electron chi connectivity index (χ1n) is 20.9. The summed E-state index contributed by atoms with van der Waals surface area (Å²) >= 11 is 6.14. The number of halogens is 7. The van der Waals surface area contributed by atoms with E-state index < -0.39 is 12.7 Å². The molecule has 8 aromatic rings. The Bertz CT molecular complexity index is 2920. The molecule has 0 radical (unpaired) electrons. The smallest absolute Gasteiger partial charge is 0.459 e. The van der Waals surface area contributed by atoms with E-state index in [1.165, 1.54) is 49.0 Å². The van der Waals surface area contributed by atoms with Gasteiger partial charge >= 0.3 is 12.7 Å². The molecule has 0 saturated carbocycles. The maximum absolute atomic E-state index is 13.0. The van der Waals surface area contributed by atoms with Gasteiger partial charge in [-0.05, 0) is 121 Å². The summed E-state index contributed by atoms with van der Waals surface area (Å²) in [6, 6.07) is 31.7. The Morgan fingerprint density at radius 3 is 2.01 bits per heavy atom. The van der Waals surface area contributed by atoms with Crippen molar-refractivity contribution in [3.8, 4) is 23.0 Å². The highest BCUT2D eigenvalue weighted by Crippen LogP contribution is 2.33. The van der Waals surface area contributed by atoms with Crippen LogP contribution in [0.2, 0.25) is 5.02 Å². The molecule has 1 fully saturated rings. The van der Waals surface area contributed by atoms with Gasteiger partial charge in [0, 0.05) is 43.3 Å².